The van der Waals surface area contributed by atoms with Gasteiger partial charge in [0, 0.05) is 18.6 Å². The summed E-state index contributed by atoms with van der Waals surface area (Å²) in [6.07, 6.45) is 4.42. The second kappa shape index (κ2) is 5.67. The second-order valence-corrected chi connectivity index (χ2v) is 7.57. The Kier molecular flexibility index (Phi) is 4.44. The molecule has 2 rings (SSSR count). The molecule has 0 radical (unpaired) electrons. The Morgan fingerprint density at radius 1 is 1.35 bits per heavy atom. The highest BCUT2D eigenvalue weighted by Gasteiger charge is 2.33. The Labute approximate surface area is 105 Å². The number of hydrogen-bond donors (Lipinski definition) is 1. The van der Waals surface area contributed by atoms with Crippen LogP contribution in [0.25, 0.3) is 0 Å². The van der Waals surface area contributed by atoms with Gasteiger partial charge in [0.2, 0.25) is 0 Å². The van der Waals surface area contributed by atoms with Crippen LogP contribution in [0.4, 0.5) is 0 Å². The van der Waals surface area contributed by atoms with Crippen LogP contribution in [0.1, 0.15) is 32.6 Å². The van der Waals surface area contributed by atoms with Crippen LogP contribution in [-0.4, -0.2) is 56.5 Å². The van der Waals surface area contributed by atoms with Gasteiger partial charge in [-0.3, -0.25) is 4.90 Å². The monoisotopic (exact) mass is 260 g/mol. The lowest BCUT2D eigenvalue weighted by Gasteiger charge is -2.30. The maximum atomic E-state index is 11.5. The Hall–Kier alpha value is -0.130. The number of sulfone groups is 1. The van der Waals surface area contributed by atoms with E-state index < -0.39 is 9.84 Å². The van der Waals surface area contributed by atoms with Crippen LogP contribution in [0.2, 0.25) is 0 Å². The van der Waals surface area contributed by atoms with Crippen LogP contribution in [0.5, 0.6) is 0 Å². The van der Waals surface area contributed by atoms with Gasteiger partial charge < -0.3 is 5.32 Å². The summed E-state index contributed by atoms with van der Waals surface area (Å²) in [6.45, 7) is 5.33. The van der Waals surface area contributed by atoms with Crippen LogP contribution in [-0.2, 0) is 9.84 Å². The van der Waals surface area contributed by atoms with Gasteiger partial charge in [0.1, 0.15) is 0 Å². The zero-order valence-electron chi connectivity index (χ0n) is 10.7. The summed E-state index contributed by atoms with van der Waals surface area (Å²) in [4.78, 5) is 2.40. The topological polar surface area (TPSA) is 49.4 Å². The van der Waals surface area contributed by atoms with E-state index in [1.54, 1.807) is 0 Å². The third kappa shape index (κ3) is 3.66. The van der Waals surface area contributed by atoms with Gasteiger partial charge in [0.15, 0.2) is 9.84 Å². The summed E-state index contributed by atoms with van der Waals surface area (Å²) in [6, 6.07) is 0.840. The van der Waals surface area contributed by atoms with Gasteiger partial charge in [-0.05, 0) is 38.8 Å². The molecular formula is C12H24N2O2S. The Balaban J connectivity index is 1.92. The van der Waals surface area contributed by atoms with E-state index in [4.69, 9.17) is 0 Å². The summed E-state index contributed by atoms with van der Waals surface area (Å²) in [5.41, 5.74) is 0. The molecule has 2 unspecified atom stereocenters. The second-order valence-electron chi connectivity index (χ2n) is 5.35. The molecule has 17 heavy (non-hydrogen) atoms. The number of rotatable bonds is 5. The Morgan fingerprint density at radius 2 is 2.18 bits per heavy atom. The van der Waals surface area contributed by atoms with E-state index in [1.165, 1.54) is 12.8 Å². The van der Waals surface area contributed by atoms with Gasteiger partial charge in [-0.15, -0.1) is 0 Å². The van der Waals surface area contributed by atoms with Crippen LogP contribution in [0.15, 0.2) is 0 Å². The molecular weight excluding hydrogens is 236 g/mol. The third-order valence-electron chi connectivity index (χ3n) is 3.85. The zero-order valence-corrected chi connectivity index (χ0v) is 11.5. The van der Waals surface area contributed by atoms with E-state index in [-0.39, 0.29) is 6.04 Å². The highest BCUT2D eigenvalue weighted by molar-refractivity contribution is 7.91. The van der Waals surface area contributed by atoms with Crippen LogP contribution in [0, 0.1) is 0 Å². The normalized spacial score (nSPS) is 32.4. The molecule has 5 heteroatoms. The minimum atomic E-state index is -2.75. The molecule has 0 saturated carbocycles. The Bertz CT molecular complexity index is 336. The van der Waals surface area contributed by atoms with E-state index in [0.29, 0.717) is 17.5 Å². The molecule has 0 amide bonds. The maximum absolute atomic E-state index is 11.5. The van der Waals surface area contributed by atoms with E-state index in [1.807, 2.05) is 0 Å². The number of hydrogen-bond acceptors (Lipinski definition) is 4. The highest BCUT2D eigenvalue weighted by atomic mass is 32.2. The molecule has 100 valence electrons. The average molecular weight is 260 g/mol. The summed E-state index contributed by atoms with van der Waals surface area (Å²) in [5, 5.41) is 3.50. The van der Waals surface area contributed by atoms with E-state index in [0.717, 1.165) is 32.5 Å². The van der Waals surface area contributed by atoms with Crippen molar-refractivity contribution < 1.29 is 8.42 Å². The fraction of sp³-hybridized carbons (Fsp3) is 1.00. The standard InChI is InChI=1S/C12H24N2O2S/c1-2-7-14(9-11-4-3-6-13-11)12-5-8-17(15,16)10-12/h11-13H,2-10H2,1H3. The van der Waals surface area contributed by atoms with Crippen LogP contribution in [0.3, 0.4) is 0 Å². The minimum absolute atomic E-state index is 0.266. The van der Waals surface area contributed by atoms with Crippen molar-refractivity contribution in [2.75, 3.05) is 31.1 Å². The first-order valence-electron chi connectivity index (χ1n) is 6.78. The van der Waals surface area contributed by atoms with Gasteiger partial charge in [0.25, 0.3) is 0 Å². The summed E-state index contributed by atoms with van der Waals surface area (Å²) in [7, 11) is -2.75. The zero-order chi connectivity index (χ0) is 12.3. The molecule has 0 spiro atoms. The van der Waals surface area contributed by atoms with Crippen LogP contribution >= 0.6 is 0 Å². The summed E-state index contributed by atoms with van der Waals surface area (Å²) in [5.74, 6) is 0.760. The van der Waals surface area contributed by atoms with Gasteiger partial charge in [-0.1, -0.05) is 6.92 Å². The van der Waals surface area contributed by atoms with Crippen molar-refractivity contribution in [3.05, 3.63) is 0 Å². The third-order valence-corrected chi connectivity index (χ3v) is 5.60. The van der Waals surface area contributed by atoms with E-state index >= 15 is 0 Å². The predicted octanol–water partition coefficient (Wildman–Crippen LogP) is 0.638. The van der Waals surface area contributed by atoms with Crippen molar-refractivity contribution in [1.29, 1.82) is 0 Å². The molecule has 2 aliphatic rings. The van der Waals surface area contributed by atoms with Crippen molar-refractivity contribution in [2.24, 2.45) is 0 Å². The molecule has 0 bridgehead atoms. The maximum Gasteiger partial charge on any atom is 0.151 e. The van der Waals surface area contributed by atoms with Gasteiger partial charge in [-0.2, -0.15) is 0 Å². The van der Waals surface area contributed by atoms with Gasteiger partial charge >= 0.3 is 0 Å². The fourth-order valence-electron chi connectivity index (χ4n) is 2.97. The largest absolute Gasteiger partial charge is 0.313 e. The van der Waals surface area contributed by atoms with Crippen molar-refractivity contribution in [3.8, 4) is 0 Å². The molecule has 0 aromatic carbocycles. The molecule has 1 N–H and O–H groups in total. The van der Waals surface area contributed by atoms with Crippen molar-refractivity contribution in [1.82, 2.24) is 10.2 Å². The molecule has 0 aromatic rings. The first-order valence-corrected chi connectivity index (χ1v) is 8.61. The van der Waals surface area contributed by atoms with Crippen molar-refractivity contribution in [2.45, 2.75) is 44.7 Å². The summed E-state index contributed by atoms with van der Waals surface area (Å²) >= 11 is 0. The molecule has 0 aliphatic carbocycles. The average Bonchev–Trinajstić information content (AvgIpc) is 2.87. The van der Waals surface area contributed by atoms with Gasteiger partial charge in [0.05, 0.1) is 11.5 Å². The fourth-order valence-corrected chi connectivity index (χ4v) is 4.73. The lowest BCUT2D eigenvalue weighted by atomic mass is 10.1. The molecule has 2 atom stereocenters. The molecule has 2 saturated heterocycles. The molecule has 4 nitrogen and oxygen atoms in total. The van der Waals surface area contributed by atoms with E-state index in [2.05, 4.69) is 17.1 Å². The molecule has 2 aliphatic heterocycles. The first kappa shape index (κ1) is 13.3. The number of nitrogens with zero attached hydrogens (tertiary/aromatic N) is 1. The van der Waals surface area contributed by atoms with Gasteiger partial charge in [-0.25, -0.2) is 8.42 Å². The molecule has 2 fully saturated rings. The predicted molar refractivity (Wildman–Crippen MR) is 69.9 cm³/mol. The molecule has 2 heterocycles. The number of nitrogens with one attached hydrogen (secondary N) is 1. The molecule has 0 aromatic heterocycles. The summed E-state index contributed by atoms with van der Waals surface area (Å²) < 4.78 is 23.1. The lowest BCUT2D eigenvalue weighted by Crippen LogP contribution is -2.44. The smallest absolute Gasteiger partial charge is 0.151 e. The quantitative estimate of drug-likeness (QED) is 0.788. The first-order chi connectivity index (χ1) is 8.11. The highest BCUT2D eigenvalue weighted by Crippen LogP contribution is 2.19. The lowest BCUT2D eigenvalue weighted by molar-refractivity contribution is 0.194. The minimum Gasteiger partial charge on any atom is -0.313 e. The Morgan fingerprint density at radius 3 is 2.71 bits per heavy atom. The van der Waals surface area contributed by atoms with E-state index in [9.17, 15) is 8.42 Å². The van der Waals surface area contributed by atoms with Crippen LogP contribution < -0.4 is 5.32 Å². The van der Waals surface area contributed by atoms with Crippen molar-refractivity contribution >= 4 is 9.84 Å². The van der Waals surface area contributed by atoms with Crippen molar-refractivity contribution in [3.63, 3.8) is 0 Å². The SMILES string of the molecule is CCCN(CC1CCCN1)C1CCS(=O)(=O)C1.